The SMILES string of the molecule is O=COC(CCCCCCN=C1CCCCC1)C1CNC(=O)C1. The zero-order chi connectivity index (χ0) is 16.3. The summed E-state index contributed by atoms with van der Waals surface area (Å²) in [5, 5.41) is 2.81. The minimum Gasteiger partial charge on any atom is -0.464 e. The molecule has 2 fully saturated rings. The summed E-state index contributed by atoms with van der Waals surface area (Å²) >= 11 is 0. The lowest BCUT2D eigenvalue weighted by Gasteiger charge is -2.20. The minimum atomic E-state index is -0.117. The van der Waals surface area contributed by atoms with Crippen molar-refractivity contribution in [2.45, 2.75) is 76.7 Å². The number of carbonyl (C=O) groups is 2. The summed E-state index contributed by atoms with van der Waals surface area (Å²) < 4.78 is 5.19. The minimum absolute atomic E-state index is 0.0660. The standard InChI is InChI=1S/C18H30N2O3/c21-14-23-17(15-12-18(22)20-13-15)10-6-1-2-7-11-19-16-8-4-3-5-9-16/h14-15,17H,1-13H2,(H,20,22). The molecule has 5 nitrogen and oxygen atoms in total. The van der Waals surface area contributed by atoms with Gasteiger partial charge < -0.3 is 10.1 Å². The van der Waals surface area contributed by atoms with E-state index in [0.29, 0.717) is 19.4 Å². The number of nitrogens with one attached hydrogen (secondary N) is 1. The van der Waals surface area contributed by atoms with Crippen molar-refractivity contribution < 1.29 is 14.3 Å². The second-order valence-electron chi connectivity index (χ2n) is 6.75. The Bertz CT molecular complexity index is 401. The molecular weight excluding hydrogens is 292 g/mol. The first-order chi connectivity index (χ1) is 11.3. The van der Waals surface area contributed by atoms with E-state index in [1.165, 1.54) is 44.2 Å². The number of hydrogen-bond donors (Lipinski definition) is 1. The van der Waals surface area contributed by atoms with Crippen LogP contribution >= 0.6 is 0 Å². The van der Waals surface area contributed by atoms with Crippen LogP contribution in [0.5, 0.6) is 0 Å². The van der Waals surface area contributed by atoms with E-state index in [0.717, 1.165) is 32.2 Å². The van der Waals surface area contributed by atoms with Crippen LogP contribution in [0, 0.1) is 5.92 Å². The molecule has 0 aromatic rings. The van der Waals surface area contributed by atoms with Gasteiger partial charge in [-0.2, -0.15) is 0 Å². The van der Waals surface area contributed by atoms with Crippen LogP contribution < -0.4 is 5.32 Å². The monoisotopic (exact) mass is 322 g/mol. The van der Waals surface area contributed by atoms with Gasteiger partial charge in [0, 0.05) is 31.1 Å². The lowest BCUT2D eigenvalue weighted by molar-refractivity contribution is -0.136. The van der Waals surface area contributed by atoms with Crippen LogP contribution in [0.4, 0.5) is 0 Å². The van der Waals surface area contributed by atoms with Gasteiger partial charge in [-0.1, -0.05) is 19.3 Å². The molecule has 130 valence electrons. The third-order valence-corrected chi connectivity index (χ3v) is 4.93. The number of amides is 1. The van der Waals surface area contributed by atoms with Crippen LogP contribution in [0.3, 0.4) is 0 Å². The topological polar surface area (TPSA) is 67.8 Å². The van der Waals surface area contributed by atoms with Crippen LogP contribution in [-0.4, -0.2) is 37.3 Å². The first-order valence-electron chi connectivity index (χ1n) is 9.17. The molecule has 0 bridgehead atoms. The Morgan fingerprint density at radius 1 is 1.17 bits per heavy atom. The summed E-state index contributed by atoms with van der Waals surface area (Å²) in [6.45, 7) is 2.12. The fourth-order valence-electron chi connectivity index (χ4n) is 3.54. The quantitative estimate of drug-likeness (QED) is 0.496. The summed E-state index contributed by atoms with van der Waals surface area (Å²) in [5.74, 6) is 0.210. The number of hydrogen-bond acceptors (Lipinski definition) is 4. The van der Waals surface area contributed by atoms with Crippen molar-refractivity contribution in [2.24, 2.45) is 10.9 Å². The van der Waals surface area contributed by atoms with Gasteiger partial charge in [0.2, 0.25) is 5.91 Å². The van der Waals surface area contributed by atoms with Gasteiger partial charge in [0.15, 0.2) is 0 Å². The smallest absolute Gasteiger partial charge is 0.293 e. The zero-order valence-corrected chi connectivity index (χ0v) is 14.1. The maximum atomic E-state index is 11.3. The van der Waals surface area contributed by atoms with E-state index in [-0.39, 0.29) is 17.9 Å². The molecule has 0 spiro atoms. The number of rotatable bonds is 10. The molecule has 1 aliphatic carbocycles. The Morgan fingerprint density at radius 2 is 1.96 bits per heavy atom. The molecule has 2 rings (SSSR count). The zero-order valence-electron chi connectivity index (χ0n) is 14.1. The maximum Gasteiger partial charge on any atom is 0.293 e. The van der Waals surface area contributed by atoms with Gasteiger partial charge in [-0.25, -0.2) is 0 Å². The van der Waals surface area contributed by atoms with Crippen molar-refractivity contribution in [3.05, 3.63) is 0 Å². The molecule has 2 aliphatic rings. The summed E-state index contributed by atoms with van der Waals surface area (Å²) in [4.78, 5) is 26.6. The summed E-state index contributed by atoms with van der Waals surface area (Å²) in [5.41, 5.74) is 1.43. The second kappa shape index (κ2) is 10.4. The normalized spacial score (nSPS) is 22.5. The van der Waals surface area contributed by atoms with Gasteiger partial charge in [0.05, 0.1) is 0 Å². The number of ether oxygens (including phenoxy) is 1. The second-order valence-corrected chi connectivity index (χ2v) is 6.75. The Labute approximate surface area is 139 Å². The van der Waals surface area contributed by atoms with E-state index in [1.54, 1.807) is 0 Å². The van der Waals surface area contributed by atoms with E-state index in [1.807, 2.05) is 0 Å². The van der Waals surface area contributed by atoms with Crippen LogP contribution in [0.25, 0.3) is 0 Å². The van der Waals surface area contributed by atoms with Crippen LogP contribution in [-0.2, 0) is 14.3 Å². The fourth-order valence-corrected chi connectivity index (χ4v) is 3.54. The summed E-state index contributed by atoms with van der Waals surface area (Å²) in [6.07, 6.45) is 12.1. The predicted octanol–water partition coefficient (Wildman–Crippen LogP) is 3.02. The lowest BCUT2D eigenvalue weighted by Crippen LogP contribution is -2.25. The molecule has 23 heavy (non-hydrogen) atoms. The van der Waals surface area contributed by atoms with Crippen molar-refractivity contribution in [2.75, 3.05) is 13.1 Å². The third-order valence-electron chi connectivity index (χ3n) is 4.93. The number of aliphatic imine (C=N–C) groups is 1. The average molecular weight is 322 g/mol. The lowest BCUT2D eigenvalue weighted by atomic mass is 9.96. The number of nitrogens with zero attached hydrogens (tertiary/aromatic N) is 1. The van der Waals surface area contributed by atoms with Gasteiger partial charge in [-0.15, -0.1) is 0 Å². The molecular formula is C18H30N2O3. The summed E-state index contributed by atoms with van der Waals surface area (Å²) in [7, 11) is 0. The fraction of sp³-hybridized carbons (Fsp3) is 0.833. The van der Waals surface area contributed by atoms with E-state index in [4.69, 9.17) is 9.73 Å². The molecule has 0 aromatic carbocycles. The van der Waals surface area contributed by atoms with E-state index in [2.05, 4.69) is 5.32 Å². The largest absolute Gasteiger partial charge is 0.464 e. The average Bonchev–Trinajstić information content (AvgIpc) is 3.00. The van der Waals surface area contributed by atoms with Crippen LogP contribution in [0.1, 0.15) is 70.6 Å². The van der Waals surface area contributed by atoms with Gasteiger partial charge in [-0.05, 0) is 44.9 Å². The van der Waals surface area contributed by atoms with Crippen molar-refractivity contribution in [1.82, 2.24) is 5.32 Å². The molecule has 5 heteroatoms. The number of unbranched alkanes of at least 4 members (excludes halogenated alkanes) is 3. The third kappa shape index (κ3) is 6.71. The van der Waals surface area contributed by atoms with Crippen molar-refractivity contribution >= 4 is 18.1 Å². The molecule has 1 aliphatic heterocycles. The van der Waals surface area contributed by atoms with Crippen LogP contribution in [0.15, 0.2) is 4.99 Å². The predicted molar refractivity (Wildman–Crippen MR) is 90.5 cm³/mol. The van der Waals surface area contributed by atoms with Gasteiger partial charge >= 0.3 is 0 Å². The Balaban J connectivity index is 1.54. The Kier molecular flexibility index (Phi) is 8.12. The van der Waals surface area contributed by atoms with E-state index < -0.39 is 0 Å². The first-order valence-corrected chi connectivity index (χ1v) is 9.17. The molecule has 1 heterocycles. The molecule has 1 N–H and O–H groups in total. The highest BCUT2D eigenvalue weighted by Gasteiger charge is 2.30. The molecule has 0 aromatic heterocycles. The van der Waals surface area contributed by atoms with Gasteiger partial charge in [0.25, 0.3) is 6.47 Å². The summed E-state index contributed by atoms with van der Waals surface area (Å²) in [6, 6.07) is 0. The molecule has 1 amide bonds. The number of carbonyl (C=O) groups excluding carboxylic acids is 2. The van der Waals surface area contributed by atoms with Gasteiger partial charge in [0.1, 0.15) is 6.10 Å². The maximum absolute atomic E-state index is 11.3. The van der Waals surface area contributed by atoms with Crippen molar-refractivity contribution in [3.63, 3.8) is 0 Å². The molecule has 1 saturated heterocycles. The van der Waals surface area contributed by atoms with Gasteiger partial charge in [-0.3, -0.25) is 14.6 Å². The highest BCUT2D eigenvalue weighted by Crippen LogP contribution is 2.21. The highest BCUT2D eigenvalue weighted by molar-refractivity contribution is 5.84. The molecule has 2 atom stereocenters. The van der Waals surface area contributed by atoms with Crippen molar-refractivity contribution in [1.29, 1.82) is 0 Å². The Hall–Kier alpha value is -1.39. The Morgan fingerprint density at radius 3 is 2.65 bits per heavy atom. The first kappa shape index (κ1) is 18.0. The van der Waals surface area contributed by atoms with Crippen LogP contribution in [0.2, 0.25) is 0 Å². The molecule has 2 unspecified atom stereocenters. The van der Waals surface area contributed by atoms with E-state index >= 15 is 0 Å². The molecule has 0 radical (unpaired) electrons. The van der Waals surface area contributed by atoms with E-state index in [9.17, 15) is 9.59 Å². The highest BCUT2D eigenvalue weighted by atomic mass is 16.5. The molecule has 1 saturated carbocycles. The van der Waals surface area contributed by atoms with Crippen molar-refractivity contribution in [3.8, 4) is 0 Å².